The maximum atomic E-state index is 13.6. The molecule has 2 heterocycles. The van der Waals surface area contributed by atoms with Gasteiger partial charge in [0.1, 0.15) is 29.4 Å². The van der Waals surface area contributed by atoms with Gasteiger partial charge in [-0.1, -0.05) is 12.1 Å². The van der Waals surface area contributed by atoms with Crippen LogP contribution in [-0.4, -0.2) is 20.8 Å². The lowest BCUT2D eigenvalue weighted by Crippen LogP contribution is -2.15. The van der Waals surface area contributed by atoms with E-state index in [-0.39, 0.29) is 17.7 Å². The van der Waals surface area contributed by atoms with Crippen LogP contribution in [0.3, 0.4) is 0 Å². The molecule has 0 spiro atoms. The number of halogens is 7. The molecule has 11 heteroatoms. The molecule has 31 heavy (non-hydrogen) atoms. The number of fused-ring (bicyclic) bond motifs is 1. The molecule has 0 N–H and O–H groups in total. The summed E-state index contributed by atoms with van der Waals surface area (Å²) >= 11 is 0. The van der Waals surface area contributed by atoms with E-state index in [1.165, 1.54) is 12.1 Å². The molecule has 0 amide bonds. The Kier molecular flexibility index (Phi) is 5.14. The number of alkyl halides is 6. The Morgan fingerprint density at radius 3 is 2.39 bits per heavy atom. The molecule has 0 saturated heterocycles. The van der Waals surface area contributed by atoms with Gasteiger partial charge < -0.3 is 4.74 Å². The van der Waals surface area contributed by atoms with Crippen molar-refractivity contribution in [3.05, 3.63) is 71.6 Å². The van der Waals surface area contributed by atoms with E-state index in [9.17, 15) is 30.7 Å². The fourth-order valence-electron chi connectivity index (χ4n) is 3.39. The van der Waals surface area contributed by atoms with Crippen LogP contribution in [0.2, 0.25) is 0 Å². The van der Waals surface area contributed by atoms with E-state index in [2.05, 4.69) is 10.2 Å². The molecule has 0 radical (unpaired) electrons. The van der Waals surface area contributed by atoms with Crippen LogP contribution in [0.5, 0.6) is 5.75 Å². The zero-order valence-corrected chi connectivity index (χ0v) is 15.6. The maximum absolute atomic E-state index is 13.6. The normalized spacial score (nSPS) is 19.3. The Morgan fingerprint density at radius 1 is 1.03 bits per heavy atom. The molecule has 4 nitrogen and oxygen atoms in total. The topological polar surface area (TPSA) is 39.4 Å². The summed E-state index contributed by atoms with van der Waals surface area (Å²) in [5.41, 5.74) is -1.17. The summed E-state index contributed by atoms with van der Waals surface area (Å²) in [5.74, 6) is -1.47. The Labute approximate surface area is 171 Å². The SMILES string of the molecule is Fc1ccc([C@H]2CC2/C=C/Oc2ccn3c(CC(F)(F)F)nnc3c2C(F)(F)F)cc1. The minimum atomic E-state index is -4.93. The summed E-state index contributed by atoms with van der Waals surface area (Å²) in [6, 6.07) is 6.89. The van der Waals surface area contributed by atoms with Crippen molar-refractivity contribution in [2.75, 3.05) is 0 Å². The van der Waals surface area contributed by atoms with Crippen molar-refractivity contribution in [1.82, 2.24) is 14.6 Å². The van der Waals surface area contributed by atoms with Crippen molar-refractivity contribution < 1.29 is 35.5 Å². The van der Waals surface area contributed by atoms with Gasteiger partial charge in [0.15, 0.2) is 5.65 Å². The highest BCUT2D eigenvalue weighted by Crippen LogP contribution is 2.48. The van der Waals surface area contributed by atoms with Gasteiger partial charge in [0.05, 0.1) is 6.26 Å². The van der Waals surface area contributed by atoms with Gasteiger partial charge in [-0.3, -0.25) is 4.40 Å². The Morgan fingerprint density at radius 2 is 1.74 bits per heavy atom. The van der Waals surface area contributed by atoms with Gasteiger partial charge in [-0.2, -0.15) is 26.3 Å². The van der Waals surface area contributed by atoms with Gasteiger partial charge in [0, 0.05) is 6.20 Å². The standard InChI is InChI=1S/C20H14F7N3O/c21-13-3-1-11(2-4-13)14-9-12(14)6-8-31-15-5-7-30-16(10-19(22,23)24)28-29-18(30)17(15)20(25,26)27/h1-8,12,14H,9-10H2/b8-6+/t12?,14-/m1/s1. The molecule has 1 aliphatic rings. The van der Waals surface area contributed by atoms with Crippen molar-refractivity contribution in [3.8, 4) is 5.75 Å². The highest BCUT2D eigenvalue weighted by molar-refractivity contribution is 5.57. The first kappa shape index (κ1) is 21.1. The molecule has 4 rings (SSSR count). The molecule has 2 atom stereocenters. The van der Waals surface area contributed by atoms with Crippen LogP contribution in [0.15, 0.2) is 48.9 Å². The zero-order chi connectivity index (χ0) is 22.4. The molecule has 1 aliphatic carbocycles. The molecule has 2 aromatic heterocycles. The number of pyridine rings is 1. The number of hydrogen-bond donors (Lipinski definition) is 0. The fourth-order valence-corrected chi connectivity index (χ4v) is 3.39. The molecule has 1 fully saturated rings. The van der Waals surface area contributed by atoms with E-state index in [4.69, 9.17) is 4.74 Å². The monoisotopic (exact) mass is 445 g/mol. The number of allylic oxidation sites excluding steroid dienone is 1. The summed E-state index contributed by atoms with van der Waals surface area (Å²) in [5, 5.41) is 6.56. The van der Waals surface area contributed by atoms with Crippen molar-refractivity contribution in [3.63, 3.8) is 0 Å². The van der Waals surface area contributed by atoms with Gasteiger partial charge in [0.2, 0.25) is 0 Å². The predicted octanol–water partition coefficient (Wildman–Crippen LogP) is 5.69. The summed E-state index contributed by atoms with van der Waals surface area (Å²) < 4.78 is 97.5. The number of benzene rings is 1. The van der Waals surface area contributed by atoms with Crippen molar-refractivity contribution in [2.45, 2.75) is 31.1 Å². The van der Waals surface area contributed by atoms with Gasteiger partial charge >= 0.3 is 12.4 Å². The van der Waals surface area contributed by atoms with Crippen LogP contribution in [0.4, 0.5) is 30.7 Å². The lowest BCUT2D eigenvalue weighted by Gasteiger charge is -2.13. The fraction of sp³-hybridized carbons (Fsp3) is 0.300. The maximum Gasteiger partial charge on any atom is 0.423 e. The largest absolute Gasteiger partial charge is 0.464 e. The first-order valence-electron chi connectivity index (χ1n) is 9.12. The summed E-state index contributed by atoms with van der Waals surface area (Å²) in [7, 11) is 0. The molecular weight excluding hydrogens is 431 g/mol. The Hall–Kier alpha value is -3.11. The Bertz CT molecular complexity index is 1120. The molecule has 1 unspecified atom stereocenters. The minimum absolute atomic E-state index is 0.0232. The number of rotatable bonds is 5. The minimum Gasteiger partial charge on any atom is -0.464 e. The molecule has 0 aliphatic heterocycles. The van der Waals surface area contributed by atoms with E-state index >= 15 is 0 Å². The summed E-state index contributed by atoms with van der Waals surface area (Å²) in [6.07, 6.45) is -6.64. The average Bonchev–Trinajstić information content (AvgIpc) is 3.33. The molecule has 1 saturated carbocycles. The predicted molar refractivity (Wildman–Crippen MR) is 94.8 cm³/mol. The lowest BCUT2D eigenvalue weighted by atomic mass is 10.1. The van der Waals surface area contributed by atoms with E-state index < -0.39 is 41.6 Å². The smallest absolute Gasteiger partial charge is 0.423 e. The van der Waals surface area contributed by atoms with Crippen LogP contribution in [0.25, 0.3) is 5.65 Å². The van der Waals surface area contributed by atoms with E-state index in [0.29, 0.717) is 4.40 Å². The molecule has 1 aromatic carbocycles. The molecule has 3 aromatic rings. The molecule has 164 valence electrons. The Balaban J connectivity index is 1.55. The first-order chi connectivity index (χ1) is 14.5. The van der Waals surface area contributed by atoms with Gasteiger partial charge in [-0.25, -0.2) is 4.39 Å². The van der Waals surface area contributed by atoms with Crippen LogP contribution >= 0.6 is 0 Å². The second-order valence-corrected chi connectivity index (χ2v) is 7.16. The third-order valence-corrected chi connectivity index (χ3v) is 4.91. The number of hydrogen-bond acceptors (Lipinski definition) is 3. The number of aromatic nitrogens is 3. The van der Waals surface area contributed by atoms with Crippen molar-refractivity contribution in [1.29, 1.82) is 0 Å². The quantitative estimate of drug-likeness (QED) is 0.374. The van der Waals surface area contributed by atoms with Gasteiger partial charge in [0.25, 0.3) is 0 Å². The van der Waals surface area contributed by atoms with E-state index in [1.54, 1.807) is 18.2 Å². The average molecular weight is 445 g/mol. The second-order valence-electron chi connectivity index (χ2n) is 7.16. The molecule has 0 bridgehead atoms. The van der Waals surface area contributed by atoms with Gasteiger partial charge in [-0.15, -0.1) is 10.2 Å². The van der Waals surface area contributed by atoms with Crippen LogP contribution in [0, 0.1) is 11.7 Å². The zero-order valence-electron chi connectivity index (χ0n) is 15.6. The van der Waals surface area contributed by atoms with Crippen LogP contribution < -0.4 is 4.74 Å². The summed E-state index contributed by atoms with van der Waals surface area (Å²) in [4.78, 5) is 0. The van der Waals surface area contributed by atoms with Crippen LogP contribution in [0.1, 0.15) is 29.3 Å². The third-order valence-electron chi connectivity index (χ3n) is 4.91. The number of ether oxygens (including phenoxy) is 1. The lowest BCUT2D eigenvalue weighted by molar-refractivity contribution is -0.137. The van der Waals surface area contributed by atoms with Gasteiger partial charge in [-0.05, 0) is 48.1 Å². The highest BCUT2D eigenvalue weighted by Gasteiger charge is 2.40. The first-order valence-corrected chi connectivity index (χ1v) is 9.12. The molecular formula is C20H14F7N3O. The van der Waals surface area contributed by atoms with Crippen molar-refractivity contribution in [2.24, 2.45) is 5.92 Å². The number of nitrogens with zero attached hydrogens (tertiary/aromatic N) is 3. The second kappa shape index (κ2) is 7.54. The van der Waals surface area contributed by atoms with E-state index in [0.717, 1.165) is 30.5 Å². The highest BCUT2D eigenvalue weighted by atomic mass is 19.4. The van der Waals surface area contributed by atoms with E-state index in [1.807, 2.05) is 0 Å². The van der Waals surface area contributed by atoms with Crippen LogP contribution in [-0.2, 0) is 12.6 Å². The third kappa shape index (κ3) is 4.64. The van der Waals surface area contributed by atoms with Crippen molar-refractivity contribution >= 4 is 5.65 Å². The summed E-state index contributed by atoms with van der Waals surface area (Å²) in [6.45, 7) is 0.